The fourth-order valence-electron chi connectivity index (χ4n) is 0.931. The predicted octanol–water partition coefficient (Wildman–Crippen LogP) is 0.563. The first-order chi connectivity index (χ1) is 6.77. The summed E-state index contributed by atoms with van der Waals surface area (Å²) in [7, 11) is 0. The van der Waals surface area contributed by atoms with Crippen LogP contribution >= 0.6 is 0 Å². The molecule has 0 aromatic carbocycles. The van der Waals surface area contributed by atoms with E-state index in [0.717, 1.165) is 19.4 Å². The van der Waals surface area contributed by atoms with Crippen LogP contribution in [0.25, 0.3) is 0 Å². The minimum atomic E-state index is -0.379. The molecule has 0 bridgehead atoms. The molecule has 0 aliphatic rings. The van der Waals surface area contributed by atoms with Gasteiger partial charge in [-0.3, -0.25) is 0 Å². The van der Waals surface area contributed by atoms with E-state index in [9.17, 15) is 0 Å². The average Bonchev–Trinajstić information content (AvgIpc) is 2.15. The van der Waals surface area contributed by atoms with Crippen LogP contribution < -0.4 is 0 Å². The first kappa shape index (κ1) is 13.8. The second kappa shape index (κ2) is 10.9. The Bertz CT molecular complexity index is 106. The van der Waals surface area contributed by atoms with Crippen LogP contribution in [0.3, 0.4) is 0 Å². The molecule has 0 aromatic heterocycles. The molecule has 4 nitrogen and oxygen atoms in total. The van der Waals surface area contributed by atoms with E-state index in [1.165, 1.54) is 0 Å². The van der Waals surface area contributed by atoms with Crippen molar-refractivity contribution in [3.63, 3.8) is 0 Å². The molecule has 0 fully saturated rings. The number of ether oxygens (including phenoxy) is 2. The van der Waals surface area contributed by atoms with E-state index >= 15 is 0 Å². The Kier molecular flexibility index (Phi) is 10.8. The number of rotatable bonds is 10. The minimum Gasteiger partial charge on any atom is -0.396 e. The molecule has 14 heavy (non-hydrogen) atoms. The molecule has 86 valence electrons. The molecule has 0 aliphatic heterocycles. The number of aliphatic hydroxyl groups is 2. The third kappa shape index (κ3) is 11.8. The second-order valence-corrected chi connectivity index (χ2v) is 3.32. The zero-order chi connectivity index (χ0) is 10.6. The molecule has 0 amide bonds. The highest BCUT2D eigenvalue weighted by molar-refractivity contribution is 4.43. The summed E-state index contributed by atoms with van der Waals surface area (Å²) in [5.41, 5.74) is 0. The molecule has 0 spiro atoms. The standard InChI is InChI=1S/C10H22O4/c1-10(12)9-14-7-3-2-6-13-8-4-5-11/h10-12H,2-9H2,1H3. The Morgan fingerprint density at radius 2 is 1.57 bits per heavy atom. The molecule has 0 rings (SSSR count). The maximum Gasteiger partial charge on any atom is 0.0745 e. The van der Waals surface area contributed by atoms with Crippen LogP contribution in [-0.4, -0.2) is 49.4 Å². The maximum atomic E-state index is 8.88. The SMILES string of the molecule is CC(O)COCCCCOCCCO. The van der Waals surface area contributed by atoms with Crippen LogP contribution in [0.5, 0.6) is 0 Å². The van der Waals surface area contributed by atoms with Crippen molar-refractivity contribution < 1.29 is 19.7 Å². The highest BCUT2D eigenvalue weighted by Gasteiger charge is 1.95. The van der Waals surface area contributed by atoms with Crippen molar-refractivity contribution in [2.45, 2.75) is 32.3 Å². The molecule has 0 aliphatic carbocycles. The third-order valence-corrected chi connectivity index (χ3v) is 1.63. The largest absolute Gasteiger partial charge is 0.396 e. The van der Waals surface area contributed by atoms with E-state index in [1.807, 2.05) is 0 Å². The Morgan fingerprint density at radius 1 is 1.00 bits per heavy atom. The van der Waals surface area contributed by atoms with Crippen molar-refractivity contribution in [2.75, 3.05) is 33.0 Å². The molecule has 0 aromatic rings. The Labute approximate surface area is 85.8 Å². The number of hydrogen-bond acceptors (Lipinski definition) is 4. The summed E-state index contributed by atoms with van der Waals surface area (Å²) in [5.74, 6) is 0. The van der Waals surface area contributed by atoms with E-state index in [4.69, 9.17) is 19.7 Å². The smallest absolute Gasteiger partial charge is 0.0745 e. The third-order valence-electron chi connectivity index (χ3n) is 1.63. The summed E-state index contributed by atoms with van der Waals surface area (Å²) in [4.78, 5) is 0. The topological polar surface area (TPSA) is 58.9 Å². The van der Waals surface area contributed by atoms with Gasteiger partial charge in [0.2, 0.25) is 0 Å². The van der Waals surface area contributed by atoms with Crippen molar-refractivity contribution in [1.29, 1.82) is 0 Å². The van der Waals surface area contributed by atoms with Gasteiger partial charge < -0.3 is 19.7 Å². The Morgan fingerprint density at radius 3 is 2.14 bits per heavy atom. The molecular formula is C10H22O4. The van der Waals surface area contributed by atoms with Crippen molar-refractivity contribution in [3.05, 3.63) is 0 Å². The lowest BCUT2D eigenvalue weighted by molar-refractivity contribution is 0.0403. The van der Waals surface area contributed by atoms with Gasteiger partial charge in [-0.15, -0.1) is 0 Å². The van der Waals surface area contributed by atoms with Crippen molar-refractivity contribution >= 4 is 0 Å². The number of hydrogen-bond donors (Lipinski definition) is 2. The van der Waals surface area contributed by atoms with Crippen LogP contribution in [0, 0.1) is 0 Å². The van der Waals surface area contributed by atoms with E-state index in [0.29, 0.717) is 26.2 Å². The van der Waals surface area contributed by atoms with Crippen LogP contribution in [-0.2, 0) is 9.47 Å². The normalized spacial score (nSPS) is 13.1. The van der Waals surface area contributed by atoms with Crippen LogP contribution in [0.15, 0.2) is 0 Å². The highest BCUT2D eigenvalue weighted by Crippen LogP contribution is 1.93. The monoisotopic (exact) mass is 206 g/mol. The molecule has 2 N–H and O–H groups in total. The molecular weight excluding hydrogens is 184 g/mol. The first-order valence-corrected chi connectivity index (χ1v) is 5.21. The lowest BCUT2D eigenvalue weighted by atomic mass is 10.3. The zero-order valence-corrected chi connectivity index (χ0v) is 8.95. The van der Waals surface area contributed by atoms with E-state index in [2.05, 4.69) is 0 Å². The summed E-state index contributed by atoms with van der Waals surface area (Å²) in [6.07, 6.45) is 2.24. The average molecular weight is 206 g/mol. The fraction of sp³-hybridized carbons (Fsp3) is 1.00. The summed E-state index contributed by atoms with van der Waals surface area (Å²) in [6.45, 7) is 4.33. The van der Waals surface area contributed by atoms with Gasteiger partial charge >= 0.3 is 0 Å². The van der Waals surface area contributed by atoms with Gasteiger partial charge in [0.05, 0.1) is 12.7 Å². The maximum absolute atomic E-state index is 8.88. The molecule has 0 saturated carbocycles. The molecule has 1 atom stereocenters. The quantitative estimate of drug-likeness (QED) is 0.513. The molecule has 0 saturated heterocycles. The fourth-order valence-corrected chi connectivity index (χ4v) is 0.931. The second-order valence-electron chi connectivity index (χ2n) is 3.32. The van der Waals surface area contributed by atoms with E-state index in [-0.39, 0.29) is 12.7 Å². The van der Waals surface area contributed by atoms with E-state index in [1.54, 1.807) is 6.92 Å². The molecule has 4 heteroatoms. The van der Waals surface area contributed by atoms with Gasteiger partial charge in [0, 0.05) is 26.4 Å². The lowest BCUT2D eigenvalue weighted by Gasteiger charge is -2.06. The molecule has 0 radical (unpaired) electrons. The van der Waals surface area contributed by atoms with Crippen molar-refractivity contribution in [2.24, 2.45) is 0 Å². The summed E-state index contributed by atoms with van der Waals surface area (Å²) in [5, 5.41) is 17.3. The van der Waals surface area contributed by atoms with Gasteiger partial charge in [-0.2, -0.15) is 0 Å². The van der Waals surface area contributed by atoms with Crippen molar-refractivity contribution in [3.8, 4) is 0 Å². The summed E-state index contributed by atoms with van der Waals surface area (Å²) >= 11 is 0. The number of aliphatic hydroxyl groups excluding tert-OH is 2. The van der Waals surface area contributed by atoms with Gasteiger partial charge in [-0.1, -0.05) is 0 Å². The van der Waals surface area contributed by atoms with Crippen LogP contribution in [0.2, 0.25) is 0 Å². The van der Waals surface area contributed by atoms with Gasteiger partial charge in [0.15, 0.2) is 0 Å². The van der Waals surface area contributed by atoms with Crippen LogP contribution in [0.1, 0.15) is 26.2 Å². The Balaban J connectivity index is 2.85. The zero-order valence-electron chi connectivity index (χ0n) is 8.95. The lowest BCUT2D eigenvalue weighted by Crippen LogP contribution is -2.11. The summed E-state index contributed by atoms with van der Waals surface area (Å²) < 4.78 is 10.4. The van der Waals surface area contributed by atoms with Gasteiger partial charge in [0.25, 0.3) is 0 Å². The van der Waals surface area contributed by atoms with Crippen molar-refractivity contribution in [1.82, 2.24) is 0 Å². The van der Waals surface area contributed by atoms with Gasteiger partial charge in [0.1, 0.15) is 0 Å². The van der Waals surface area contributed by atoms with Gasteiger partial charge in [-0.25, -0.2) is 0 Å². The van der Waals surface area contributed by atoms with Gasteiger partial charge in [-0.05, 0) is 26.2 Å². The number of unbranched alkanes of at least 4 members (excludes halogenated alkanes) is 1. The van der Waals surface area contributed by atoms with E-state index < -0.39 is 0 Å². The first-order valence-electron chi connectivity index (χ1n) is 5.21. The molecule has 0 heterocycles. The highest BCUT2D eigenvalue weighted by atomic mass is 16.5. The molecule has 1 unspecified atom stereocenters. The van der Waals surface area contributed by atoms with Crippen LogP contribution in [0.4, 0.5) is 0 Å². The summed E-state index contributed by atoms with van der Waals surface area (Å²) in [6, 6.07) is 0. The predicted molar refractivity (Wildman–Crippen MR) is 54.3 cm³/mol. The Hall–Kier alpha value is -0.160. The minimum absolute atomic E-state index is 0.192.